The van der Waals surface area contributed by atoms with Gasteiger partial charge in [0, 0.05) is 19.3 Å². The van der Waals surface area contributed by atoms with Gasteiger partial charge in [0.05, 0.1) is 30.7 Å². The standard InChI is InChI=1S/C15H21N5O2/c1-11-8-12(2)20(19-11)14-5-4-13(9-17-14)18-15(21)10-16-6-7-22-3/h4-5,8-9,16H,6-7,10H2,1-3H3,(H,18,21). The first-order chi connectivity index (χ1) is 10.6. The first-order valence-electron chi connectivity index (χ1n) is 7.09. The number of carbonyl (C=O) groups is 1. The van der Waals surface area contributed by atoms with Crippen LogP contribution in [0.4, 0.5) is 5.69 Å². The van der Waals surface area contributed by atoms with Crippen molar-refractivity contribution in [3.63, 3.8) is 0 Å². The van der Waals surface area contributed by atoms with Crippen LogP contribution in [0.25, 0.3) is 5.82 Å². The van der Waals surface area contributed by atoms with Crippen molar-refractivity contribution in [2.75, 3.05) is 32.1 Å². The highest BCUT2D eigenvalue weighted by Gasteiger charge is 2.06. The van der Waals surface area contributed by atoms with Crippen LogP contribution in [0.15, 0.2) is 24.4 Å². The number of aromatic nitrogens is 3. The van der Waals surface area contributed by atoms with Crippen molar-refractivity contribution < 1.29 is 9.53 Å². The van der Waals surface area contributed by atoms with Crippen molar-refractivity contribution >= 4 is 11.6 Å². The van der Waals surface area contributed by atoms with E-state index < -0.39 is 0 Å². The lowest BCUT2D eigenvalue weighted by Crippen LogP contribution is -2.30. The van der Waals surface area contributed by atoms with E-state index in [9.17, 15) is 4.79 Å². The third-order valence-electron chi connectivity index (χ3n) is 3.03. The van der Waals surface area contributed by atoms with E-state index in [-0.39, 0.29) is 12.5 Å². The Hall–Kier alpha value is -2.25. The number of nitrogens with zero attached hydrogens (tertiary/aromatic N) is 3. The normalized spacial score (nSPS) is 10.7. The van der Waals surface area contributed by atoms with E-state index >= 15 is 0 Å². The van der Waals surface area contributed by atoms with E-state index in [0.717, 1.165) is 17.2 Å². The zero-order valence-electron chi connectivity index (χ0n) is 13.1. The topological polar surface area (TPSA) is 81.1 Å². The molecular weight excluding hydrogens is 282 g/mol. The van der Waals surface area contributed by atoms with Gasteiger partial charge in [0.15, 0.2) is 5.82 Å². The number of aryl methyl sites for hydroxylation is 2. The van der Waals surface area contributed by atoms with Crippen molar-refractivity contribution in [2.24, 2.45) is 0 Å². The van der Waals surface area contributed by atoms with Gasteiger partial charge in [0.2, 0.25) is 5.91 Å². The van der Waals surface area contributed by atoms with Gasteiger partial charge in [-0.3, -0.25) is 4.79 Å². The Labute approximate surface area is 129 Å². The van der Waals surface area contributed by atoms with Gasteiger partial charge in [-0.1, -0.05) is 0 Å². The predicted octanol–water partition coefficient (Wildman–Crippen LogP) is 1.06. The average Bonchev–Trinajstić information content (AvgIpc) is 2.83. The van der Waals surface area contributed by atoms with Crippen LogP contribution in [0.5, 0.6) is 0 Å². The summed E-state index contributed by atoms with van der Waals surface area (Å²) in [6, 6.07) is 5.63. The number of nitrogens with one attached hydrogen (secondary N) is 2. The van der Waals surface area contributed by atoms with Crippen molar-refractivity contribution in [2.45, 2.75) is 13.8 Å². The zero-order chi connectivity index (χ0) is 15.9. The Morgan fingerprint density at radius 1 is 1.36 bits per heavy atom. The van der Waals surface area contributed by atoms with Crippen LogP contribution in [0, 0.1) is 13.8 Å². The fourth-order valence-electron chi connectivity index (χ4n) is 2.03. The molecule has 0 unspecified atom stereocenters. The summed E-state index contributed by atoms with van der Waals surface area (Å²) in [6.45, 7) is 5.37. The number of methoxy groups -OCH3 is 1. The maximum atomic E-state index is 11.7. The van der Waals surface area contributed by atoms with Crippen molar-refractivity contribution in [3.8, 4) is 5.82 Å². The smallest absolute Gasteiger partial charge is 0.238 e. The molecule has 0 atom stereocenters. The lowest BCUT2D eigenvalue weighted by atomic mass is 10.3. The molecule has 7 heteroatoms. The van der Waals surface area contributed by atoms with Gasteiger partial charge in [-0.05, 0) is 32.0 Å². The molecule has 2 aromatic rings. The third-order valence-corrected chi connectivity index (χ3v) is 3.03. The largest absolute Gasteiger partial charge is 0.383 e. The highest BCUT2D eigenvalue weighted by Crippen LogP contribution is 2.12. The van der Waals surface area contributed by atoms with Gasteiger partial charge >= 0.3 is 0 Å². The highest BCUT2D eigenvalue weighted by atomic mass is 16.5. The predicted molar refractivity (Wildman–Crippen MR) is 84.2 cm³/mol. The average molecular weight is 303 g/mol. The van der Waals surface area contributed by atoms with E-state index in [0.29, 0.717) is 18.8 Å². The summed E-state index contributed by atoms with van der Waals surface area (Å²) in [4.78, 5) is 16.1. The molecule has 2 rings (SSSR count). The quantitative estimate of drug-likeness (QED) is 0.748. The van der Waals surface area contributed by atoms with Crippen molar-refractivity contribution in [1.29, 1.82) is 0 Å². The summed E-state index contributed by atoms with van der Waals surface area (Å²) >= 11 is 0. The molecule has 2 N–H and O–H groups in total. The Bertz CT molecular complexity index is 621. The Morgan fingerprint density at radius 3 is 2.77 bits per heavy atom. The molecule has 7 nitrogen and oxygen atoms in total. The molecule has 118 valence electrons. The molecule has 22 heavy (non-hydrogen) atoms. The SMILES string of the molecule is COCCNCC(=O)Nc1ccc(-n2nc(C)cc2C)nc1. The van der Waals surface area contributed by atoms with Crippen LogP contribution in [0.1, 0.15) is 11.4 Å². The maximum Gasteiger partial charge on any atom is 0.238 e. The third kappa shape index (κ3) is 4.37. The van der Waals surface area contributed by atoms with Crippen molar-refractivity contribution in [1.82, 2.24) is 20.1 Å². The molecule has 2 heterocycles. The molecule has 0 spiro atoms. The van der Waals surface area contributed by atoms with Crippen LogP contribution in [0.3, 0.4) is 0 Å². The molecule has 0 saturated carbocycles. The summed E-state index contributed by atoms with van der Waals surface area (Å²) in [6.07, 6.45) is 1.62. The molecular formula is C15H21N5O2. The number of amides is 1. The highest BCUT2D eigenvalue weighted by molar-refractivity contribution is 5.92. The molecule has 2 aromatic heterocycles. The first-order valence-corrected chi connectivity index (χ1v) is 7.09. The fourth-order valence-corrected chi connectivity index (χ4v) is 2.03. The van der Waals surface area contributed by atoms with E-state index in [1.165, 1.54) is 0 Å². The summed E-state index contributed by atoms with van der Waals surface area (Å²) in [5, 5.41) is 10.1. The number of anilines is 1. The number of pyridine rings is 1. The molecule has 1 amide bonds. The maximum absolute atomic E-state index is 11.7. The molecule has 0 aliphatic heterocycles. The molecule has 0 fully saturated rings. The van der Waals surface area contributed by atoms with Gasteiger partial charge in [0.1, 0.15) is 0 Å². The Balaban J connectivity index is 1.92. The number of carbonyl (C=O) groups excluding carboxylic acids is 1. The van der Waals surface area contributed by atoms with Gasteiger partial charge in [-0.15, -0.1) is 0 Å². The fraction of sp³-hybridized carbons (Fsp3) is 0.400. The van der Waals surface area contributed by atoms with Crippen LogP contribution < -0.4 is 10.6 Å². The molecule has 0 saturated heterocycles. The molecule has 0 bridgehead atoms. The van der Waals surface area contributed by atoms with Gasteiger partial charge < -0.3 is 15.4 Å². The second kappa shape index (κ2) is 7.67. The van der Waals surface area contributed by atoms with E-state index in [4.69, 9.17) is 4.74 Å². The van der Waals surface area contributed by atoms with E-state index in [2.05, 4.69) is 20.7 Å². The lowest BCUT2D eigenvalue weighted by Gasteiger charge is -2.08. The molecule has 0 aliphatic carbocycles. The molecule has 0 aliphatic rings. The number of ether oxygens (including phenoxy) is 1. The van der Waals surface area contributed by atoms with Gasteiger partial charge in [-0.2, -0.15) is 5.10 Å². The van der Waals surface area contributed by atoms with Crippen LogP contribution in [0.2, 0.25) is 0 Å². The Kier molecular flexibility index (Phi) is 5.62. The minimum Gasteiger partial charge on any atom is -0.383 e. The summed E-state index contributed by atoms with van der Waals surface area (Å²) in [5.41, 5.74) is 2.62. The summed E-state index contributed by atoms with van der Waals surface area (Å²) in [5.74, 6) is 0.610. The summed E-state index contributed by atoms with van der Waals surface area (Å²) < 4.78 is 6.67. The minimum atomic E-state index is -0.114. The minimum absolute atomic E-state index is 0.114. The second-order valence-electron chi connectivity index (χ2n) is 4.96. The van der Waals surface area contributed by atoms with Gasteiger partial charge in [-0.25, -0.2) is 9.67 Å². The second-order valence-corrected chi connectivity index (χ2v) is 4.96. The number of hydrogen-bond donors (Lipinski definition) is 2. The van der Waals surface area contributed by atoms with Crippen molar-refractivity contribution in [3.05, 3.63) is 35.8 Å². The monoisotopic (exact) mass is 303 g/mol. The van der Waals surface area contributed by atoms with Gasteiger partial charge in [0.25, 0.3) is 0 Å². The van der Waals surface area contributed by atoms with Crippen LogP contribution in [-0.4, -0.2) is 47.5 Å². The van der Waals surface area contributed by atoms with E-state index in [1.54, 1.807) is 18.0 Å². The lowest BCUT2D eigenvalue weighted by molar-refractivity contribution is -0.115. The Morgan fingerprint density at radius 2 is 2.18 bits per heavy atom. The number of rotatable bonds is 7. The molecule has 0 aromatic carbocycles. The van der Waals surface area contributed by atoms with Crippen LogP contribution >= 0.6 is 0 Å². The van der Waals surface area contributed by atoms with E-state index in [1.807, 2.05) is 32.0 Å². The summed E-state index contributed by atoms with van der Waals surface area (Å²) in [7, 11) is 1.62. The first kappa shape index (κ1) is 16.1. The molecule has 0 radical (unpaired) electrons. The van der Waals surface area contributed by atoms with Crippen LogP contribution in [-0.2, 0) is 9.53 Å². The number of hydrogen-bond acceptors (Lipinski definition) is 5. The zero-order valence-corrected chi connectivity index (χ0v) is 13.1.